The van der Waals surface area contributed by atoms with Gasteiger partial charge in [0.25, 0.3) is 5.91 Å². The number of benzene rings is 1. The predicted molar refractivity (Wildman–Crippen MR) is 68.9 cm³/mol. The van der Waals surface area contributed by atoms with E-state index in [-0.39, 0.29) is 0 Å². The predicted octanol–water partition coefficient (Wildman–Crippen LogP) is 1.88. The van der Waals surface area contributed by atoms with Crippen molar-refractivity contribution < 1.29 is 31.5 Å². The van der Waals surface area contributed by atoms with Gasteiger partial charge < -0.3 is 10.0 Å². The molecule has 1 heterocycles. The molecule has 0 unspecified atom stereocenters. The standard InChI is InChI=1S/C14H16N2O2/c1-18-11-6-4-10(5-7-11)12-13(17)16-14(15-12)8-2-3-9-14/h4-7H,2-3,8-9H2,1H3,(H,16,17)/i1D3,2D2,3D2,4D,5D,6D,7D,8D2,9D2/hD. The topological polar surface area (TPSA) is 50.7 Å². The fourth-order valence-corrected chi connectivity index (χ4v) is 1.45. The van der Waals surface area contributed by atoms with Gasteiger partial charge in [0.1, 0.15) is 17.1 Å². The number of methoxy groups -OCH3 is 1. The Morgan fingerprint density at radius 1 is 1.50 bits per heavy atom. The van der Waals surface area contributed by atoms with Crippen LogP contribution >= 0.6 is 0 Å². The molecular formula is C14H16N2O2. The second-order valence-electron chi connectivity index (χ2n) is 3.36. The van der Waals surface area contributed by atoms with Gasteiger partial charge >= 0.3 is 0 Å². The van der Waals surface area contributed by atoms with E-state index in [2.05, 4.69) is 9.73 Å². The SMILES string of the molecule is [2H]c1c([2H])c(C2=NC3(N([2H])C2=O)C([2H])([2H])C([2H])([2H])C([2H])([2H])C3([2H])[2H])c([2H])c([2H])c1OC([2H])([2H])[2H]. The minimum atomic E-state index is -3.64. The van der Waals surface area contributed by atoms with Crippen LogP contribution in [0.2, 0.25) is 1.41 Å². The van der Waals surface area contributed by atoms with Crippen molar-refractivity contribution in [2.24, 2.45) is 4.99 Å². The van der Waals surface area contributed by atoms with Crippen LogP contribution in [-0.4, -0.2) is 24.3 Å². The van der Waals surface area contributed by atoms with Gasteiger partial charge in [-0.15, -0.1) is 0 Å². The molecule has 0 bridgehead atoms. The molecule has 1 aromatic rings. The summed E-state index contributed by atoms with van der Waals surface area (Å²) in [5.74, 6) is -2.65. The number of nitrogens with one attached hydrogen (secondary N) is 1. The number of carbonyl (C=O) groups excluding carboxylic acids is 1. The summed E-state index contributed by atoms with van der Waals surface area (Å²) in [7, 11) is -3.16. The van der Waals surface area contributed by atoms with E-state index in [0.717, 1.165) is 0 Å². The van der Waals surface area contributed by atoms with Crippen molar-refractivity contribution in [3.63, 3.8) is 0 Å². The van der Waals surface area contributed by atoms with E-state index in [1.165, 1.54) is 0 Å². The number of rotatable bonds is 2. The molecule has 1 aliphatic carbocycles. The normalized spacial score (nSPS) is 46.3. The number of nitrogens with zero attached hydrogens (tertiary/aromatic N) is 1. The third kappa shape index (κ3) is 1.78. The van der Waals surface area contributed by atoms with Crippen LogP contribution in [0.5, 0.6) is 5.75 Å². The number of hydrogen-bond acceptors (Lipinski definition) is 3. The molecule has 0 saturated heterocycles. The van der Waals surface area contributed by atoms with Crippen LogP contribution in [0.15, 0.2) is 29.2 Å². The highest BCUT2D eigenvalue weighted by Crippen LogP contribution is 2.34. The van der Waals surface area contributed by atoms with Crippen LogP contribution in [0.3, 0.4) is 0 Å². The third-order valence-corrected chi connectivity index (χ3v) is 2.22. The average molecular weight is 260 g/mol. The molecule has 4 heteroatoms. The van der Waals surface area contributed by atoms with Crippen LogP contribution in [0.1, 0.15) is 51.6 Å². The van der Waals surface area contributed by atoms with Crippen molar-refractivity contribution in [1.29, 1.82) is 0 Å². The molecule has 1 spiro atoms. The summed E-state index contributed by atoms with van der Waals surface area (Å²) in [5.41, 5.74) is -5.56. The van der Waals surface area contributed by atoms with Crippen molar-refractivity contribution in [3.05, 3.63) is 29.7 Å². The first kappa shape index (κ1) is 3.18. The van der Waals surface area contributed by atoms with Crippen molar-refractivity contribution in [2.75, 3.05) is 7.04 Å². The fourth-order valence-electron chi connectivity index (χ4n) is 1.45. The molecule has 1 aromatic carbocycles. The number of aliphatic imine (C=N–C) groups is 1. The summed E-state index contributed by atoms with van der Waals surface area (Å²) in [5, 5.41) is -0.399. The van der Waals surface area contributed by atoms with Crippen molar-refractivity contribution in [3.8, 4) is 5.75 Å². The molecular weight excluding hydrogens is 228 g/mol. The van der Waals surface area contributed by atoms with Gasteiger partial charge in [-0.05, 0) is 49.7 Å². The summed E-state index contributed by atoms with van der Waals surface area (Å²) >= 11 is 0. The fraction of sp³-hybridized carbons (Fsp3) is 0.429. The Hall–Kier alpha value is -1.84. The van der Waals surface area contributed by atoms with Crippen molar-refractivity contribution >= 4 is 11.6 Å². The van der Waals surface area contributed by atoms with Gasteiger partial charge in [-0.25, -0.2) is 0 Å². The average Bonchev–Trinajstić information content (AvgIpc) is 2.98. The molecule has 1 amide bonds. The molecule has 0 radical (unpaired) electrons. The molecule has 4 nitrogen and oxygen atoms in total. The number of ether oxygens (including phenoxy) is 1. The molecule has 1 fully saturated rings. The van der Waals surface area contributed by atoms with E-state index < -0.39 is 90.6 Å². The third-order valence-electron chi connectivity index (χ3n) is 2.22. The Labute approximate surface area is 129 Å². The van der Waals surface area contributed by atoms with E-state index in [1.807, 2.05) is 0 Å². The lowest BCUT2D eigenvalue weighted by Crippen LogP contribution is -2.39. The second kappa shape index (κ2) is 4.12. The van der Waals surface area contributed by atoms with Gasteiger partial charge in [0.05, 0.1) is 16.6 Å². The van der Waals surface area contributed by atoms with Crippen LogP contribution in [0.4, 0.5) is 0 Å². The first-order valence-corrected chi connectivity index (χ1v) is 4.76. The molecule has 94 valence electrons. The summed E-state index contributed by atoms with van der Waals surface area (Å²) in [6.45, 7) is 0. The molecule has 18 heavy (non-hydrogen) atoms. The smallest absolute Gasteiger partial charge is 0.272 e. The van der Waals surface area contributed by atoms with Gasteiger partial charge in [-0.1, -0.05) is 0 Å². The zero-order valence-electron chi connectivity index (χ0n) is 24.7. The van der Waals surface area contributed by atoms with E-state index >= 15 is 0 Å². The maximum Gasteiger partial charge on any atom is 0.272 e. The van der Waals surface area contributed by atoms with Crippen LogP contribution in [0, 0.1) is 0 Å². The van der Waals surface area contributed by atoms with Crippen molar-refractivity contribution in [2.45, 2.75) is 31.2 Å². The summed E-state index contributed by atoms with van der Waals surface area (Å²) < 4.78 is 130. The largest absolute Gasteiger partial charge is 0.497 e. The lowest BCUT2D eigenvalue weighted by atomic mass is 10.1. The minimum Gasteiger partial charge on any atom is -0.497 e. The highest BCUT2D eigenvalue weighted by molar-refractivity contribution is 6.46. The summed E-state index contributed by atoms with van der Waals surface area (Å²) in [4.78, 5) is 16.5. The van der Waals surface area contributed by atoms with E-state index in [1.54, 1.807) is 0 Å². The van der Waals surface area contributed by atoms with Crippen molar-refractivity contribution in [1.82, 2.24) is 5.31 Å². The number of carbonyl (C=O) groups is 1. The number of amides is 1. The lowest BCUT2D eigenvalue weighted by molar-refractivity contribution is -0.115. The van der Waals surface area contributed by atoms with Gasteiger partial charge in [0, 0.05) is 16.5 Å². The molecule has 0 aromatic heterocycles. The molecule has 1 saturated carbocycles. The van der Waals surface area contributed by atoms with Gasteiger partial charge in [-0.3, -0.25) is 9.79 Å². The quantitative estimate of drug-likeness (QED) is 0.882. The highest BCUT2D eigenvalue weighted by Gasteiger charge is 2.41. The van der Waals surface area contributed by atoms with Crippen LogP contribution in [0.25, 0.3) is 0 Å². The lowest BCUT2D eigenvalue weighted by Gasteiger charge is -2.18. The maximum atomic E-state index is 12.9. The molecule has 3 rings (SSSR count). The van der Waals surface area contributed by atoms with E-state index in [0.29, 0.717) is 0 Å². The summed E-state index contributed by atoms with van der Waals surface area (Å²) in [6, 6.07) is -4.29. The van der Waals surface area contributed by atoms with E-state index in [9.17, 15) is 4.79 Å². The zero-order valence-corrected chi connectivity index (χ0v) is 8.71. The Balaban J connectivity index is 2.38. The Morgan fingerprint density at radius 2 is 2.22 bits per heavy atom. The Bertz CT molecular complexity index is 1070. The Morgan fingerprint density at radius 3 is 2.89 bits per heavy atom. The molecule has 1 N–H and O–H groups in total. The minimum absolute atomic E-state index is 0.399. The molecule has 1 aliphatic heterocycles. The molecule has 0 atom stereocenters. The first-order valence-electron chi connectivity index (χ1n) is 12.7. The highest BCUT2D eigenvalue weighted by atomic mass is 16.5. The van der Waals surface area contributed by atoms with E-state index in [4.69, 9.17) is 22.0 Å². The Kier molecular flexibility index (Phi) is 0.729. The molecule has 2 aliphatic rings. The first-order chi connectivity index (χ1) is 15.0. The van der Waals surface area contributed by atoms with Gasteiger partial charge in [0.2, 0.25) is 0 Å². The zero-order chi connectivity index (χ0) is 26.6. The maximum absolute atomic E-state index is 12.9. The van der Waals surface area contributed by atoms with Gasteiger partial charge in [0.15, 0.2) is 1.41 Å². The van der Waals surface area contributed by atoms with Gasteiger partial charge in [-0.2, -0.15) is 0 Å². The summed E-state index contributed by atoms with van der Waals surface area (Å²) in [6.07, 6.45) is -14.5. The van der Waals surface area contributed by atoms with Crippen LogP contribution < -0.4 is 10.0 Å². The van der Waals surface area contributed by atoms with Crippen LogP contribution in [-0.2, 0) is 4.79 Å². The second-order valence-corrected chi connectivity index (χ2v) is 3.36. The number of hydrogen-bond donors (Lipinski definition) is 1. The monoisotopic (exact) mass is 260 g/mol.